The van der Waals surface area contributed by atoms with Crippen LogP contribution in [0.5, 0.6) is 5.75 Å². The summed E-state index contributed by atoms with van der Waals surface area (Å²) in [7, 11) is 3.11. The Labute approximate surface area is 152 Å². The topological polar surface area (TPSA) is 55.8 Å². The number of hydrogen-bond donors (Lipinski definition) is 0. The summed E-state index contributed by atoms with van der Waals surface area (Å²) in [4.78, 5) is 25.9. The molecule has 6 heteroatoms. The number of methoxy groups -OCH3 is 1. The van der Waals surface area contributed by atoms with Crippen molar-refractivity contribution in [3.63, 3.8) is 0 Å². The number of carbonyl (C=O) groups is 2. The zero-order valence-corrected chi connectivity index (χ0v) is 15.2. The number of likely N-dealkylation sites (N-methyl/N-ethyl adjacent to an activating group) is 1. The van der Waals surface area contributed by atoms with Gasteiger partial charge in [0.05, 0.1) is 7.11 Å². The van der Waals surface area contributed by atoms with E-state index < -0.39 is 5.97 Å². The molecule has 1 amide bonds. The van der Waals surface area contributed by atoms with Gasteiger partial charge in [0.1, 0.15) is 11.3 Å². The van der Waals surface area contributed by atoms with E-state index in [9.17, 15) is 9.59 Å². The van der Waals surface area contributed by atoms with Crippen LogP contribution in [-0.4, -0.2) is 37.5 Å². The Morgan fingerprint density at radius 1 is 1.16 bits per heavy atom. The first kappa shape index (κ1) is 18.8. The lowest BCUT2D eigenvalue weighted by atomic mass is 10.1. The van der Waals surface area contributed by atoms with Crippen molar-refractivity contribution in [2.75, 3.05) is 20.8 Å². The average Bonchev–Trinajstić information content (AvgIpc) is 2.61. The first-order valence-electron chi connectivity index (χ1n) is 7.71. The summed E-state index contributed by atoms with van der Waals surface area (Å²) in [5.41, 5.74) is 2.33. The van der Waals surface area contributed by atoms with Crippen molar-refractivity contribution in [3.05, 3.63) is 64.2 Å². The minimum Gasteiger partial charge on any atom is -0.496 e. The van der Waals surface area contributed by atoms with Crippen LogP contribution in [0.2, 0.25) is 5.02 Å². The molecule has 0 heterocycles. The molecule has 132 valence electrons. The minimum absolute atomic E-state index is 0.185. The zero-order valence-electron chi connectivity index (χ0n) is 14.4. The highest BCUT2D eigenvalue weighted by Gasteiger charge is 2.18. The minimum atomic E-state index is -0.656. The third kappa shape index (κ3) is 4.97. The molecule has 5 nitrogen and oxygen atoms in total. The molecule has 0 atom stereocenters. The molecular formula is C19H20ClNO4. The van der Waals surface area contributed by atoms with E-state index >= 15 is 0 Å². The molecule has 0 aliphatic carbocycles. The number of amides is 1. The Kier molecular flexibility index (Phi) is 6.42. The number of esters is 1. The fourth-order valence-electron chi connectivity index (χ4n) is 2.29. The van der Waals surface area contributed by atoms with E-state index in [0.717, 1.165) is 11.1 Å². The fourth-order valence-corrected chi connectivity index (χ4v) is 2.46. The first-order chi connectivity index (χ1) is 11.9. The standard InChI is InChI=1S/C19H20ClNO4/c1-13-6-4-5-7-14(13)11-21(2)18(22)12-25-19(23)16-10-15(20)8-9-17(16)24-3/h4-10H,11-12H2,1-3H3. The molecule has 0 N–H and O–H groups in total. The largest absolute Gasteiger partial charge is 0.496 e. The van der Waals surface area contributed by atoms with Crippen molar-refractivity contribution < 1.29 is 19.1 Å². The van der Waals surface area contributed by atoms with Gasteiger partial charge in [-0.3, -0.25) is 4.79 Å². The molecule has 2 aromatic carbocycles. The van der Waals surface area contributed by atoms with Gasteiger partial charge in [-0.05, 0) is 36.2 Å². The van der Waals surface area contributed by atoms with Gasteiger partial charge in [0, 0.05) is 18.6 Å². The van der Waals surface area contributed by atoms with Gasteiger partial charge >= 0.3 is 5.97 Å². The number of hydrogen-bond acceptors (Lipinski definition) is 4. The van der Waals surface area contributed by atoms with Crippen LogP contribution in [0.1, 0.15) is 21.5 Å². The molecule has 0 saturated carbocycles. The Morgan fingerprint density at radius 3 is 2.56 bits per heavy atom. The molecule has 0 spiro atoms. The lowest BCUT2D eigenvalue weighted by molar-refractivity contribution is -0.133. The van der Waals surface area contributed by atoms with Crippen LogP contribution in [0, 0.1) is 6.92 Å². The maximum absolute atomic E-state index is 12.2. The molecule has 0 bridgehead atoms. The summed E-state index contributed by atoms with van der Waals surface area (Å²) in [5, 5.41) is 0.385. The van der Waals surface area contributed by atoms with E-state index in [1.807, 2.05) is 31.2 Å². The molecule has 0 radical (unpaired) electrons. The summed E-state index contributed by atoms with van der Waals surface area (Å²) in [5.74, 6) is -0.607. The lowest BCUT2D eigenvalue weighted by Gasteiger charge is -2.18. The first-order valence-corrected chi connectivity index (χ1v) is 8.09. The second kappa shape index (κ2) is 8.53. The molecule has 25 heavy (non-hydrogen) atoms. The molecule has 2 rings (SSSR count). The smallest absolute Gasteiger partial charge is 0.342 e. The second-order valence-corrected chi connectivity index (χ2v) is 6.03. The predicted octanol–water partition coefficient (Wildman–Crippen LogP) is 3.47. The van der Waals surface area contributed by atoms with Gasteiger partial charge in [-0.25, -0.2) is 4.79 Å². The average molecular weight is 362 g/mol. The van der Waals surface area contributed by atoms with Crippen LogP contribution in [-0.2, 0) is 16.1 Å². The van der Waals surface area contributed by atoms with Gasteiger partial charge in [-0.1, -0.05) is 35.9 Å². The molecule has 2 aromatic rings. The highest BCUT2D eigenvalue weighted by molar-refractivity contribution is 6.31. The van der Waals surface area contributed by atoms with Crippen molar-refractivity contribution >= 4 is 23.5 Å². The quantitative estimate of drug-likeness (QED) is 0.739. The second-order valence-electron chi connectivity index (χ2n) is 5.60. The number of rotatable bonds is 6. The molecule has 0 aromatic heterocycles. The van der Waals surface area contributed by atoms with Gasteiger partial charge in [-0.15, -0.1) is 0 Å². The Hall–Kier alpha value is -2.53. The lowest BCUT2D eigenvalue weighted by Crippen LogP contribution is -2.31. The summed E-state index contributed by atoms with van der Waals surface area (Å²) in [6, 6.07) is 12.4. The number of nitrogens with zero attached hydrogens (tertiary/aromatic N) is 1. The van der Waals surface area contributed by atoms with Crippen LogP contribution in [0.25, 0.3) is 0 Å². The van der Waals surface area contributed by atoms with Crippen molar-refractivity contribution in [2.24, 2.45) is 0 Å². The third-order valence-corrected chi connectivity index (χ3v) is 4.04. The number of carbonyl (C=O) groups excluding carboxylic acids is 2. The number of halogens is 1. The Morgan fingerprint density at radius 2 is 1.88 bits per heavy atom. The molecule has 0 aliphatic rings. The maximum Gasteiger partial charge on any atom is 0.342 e. The summed E-state index contributed by atoms with van der Waals surface area (Å²) < 4.78 is 10.2. The van der Waals surface area contributed by atoms with E-state index in [2.05, 4.69) is 0 Å². The summed E-state index contributed by atoms with van der Waals surface area (Å²) in [6.45, 7) is 2.08. The highest BCUT2D eigenvalue weighted by atomic mass is 35.5. The van der Waals surface area contributed by atoms with Crippen LogP contribution in [0.15, 0.2) is 42.5 Å². The number of aryl methyl sites for hydroxylation is 1. The van der Waals surface area contributed by atoms with Crippen LogP contribution < -0.4 is 4.74 Å². The van der Waals surface area contributed by atoms with Crippen LogP contribution in [0.4, 0.5) is 0 Å². The van der Waals surface area contributed by atoms with Crippen molar-refractivity contribution in [1.82, 2.24) is 4.90 Å². The molecule has 0 fully saturated rings. The number of benzene rings is 2. The predicted molar refractivity (Wildman–Crippen MR) is 95.9 cm³/mol. The molecule has 0 aliphatic heterocycles. The van der Waals surface area contributed by atoms with E-state index in [-0.39, 0.29) is 18.1 Å². The van der Waals surface area contributed by atoms with E-state index in [0.29, 0.717) is 17.3 Å². The molecule has 0 unspecified atom stereocenters. The fraction of sp³-hybridized carbons (Fsp3) is 0.263. The van der Waals surface area contributed by atoms with Gasteiger partial charge in [0.2, 0.25) is 0 Å². The molecular weight excluding hydrogens is 342 g/mol. The van der Waals surface area contributed by atoms with Gasteiger partial charge in [0.15, 0.2) is 6.61 Å². The van der Waals surface area contributed by atoms with Gasteiger partial charge < -0.3 is 14.4 Å². The van der Waals surface area contributed by atoms with Crippen molar-refractivity contribution in [2.45, 2.75) is 13.5 Å². The normalized spacial score (nSPS) is 10.2. The monoisotopic (exact) mass is 361 g/mol. The van der Waals surface area contributed by atoms with E-state index in [1.54, 1.807) is 19.2 Å². The SMILES string of the molecule is COc1ccc(Cl)cc1C(=O)OCC(=O)N(C)Cc1ccccc1C. The van der Waals surface area contributed by atoms with Crippen LogP contribution >= 0.6 is 11.6 Å². The maximum atomic E-state index is 12.2. The van der Waals surface area contributed by atoms with E-state index in [1.165, 1.54) is 18.1 Å². The Balaban J connectivity index is 1.96. The van der Waals surface area contributed by atoms with Crippen molar-refractivity contribution in [3.8, 4) is 5.75 Å². The van der Waals surface area contributed by atoms with Gasteiger partial charge in [-0.2, -0.15) is 0 Å². The highest BCUT2D eigenvalue weighted by Crippen LogP contribution is 2.23. The van der Waals surface area contributed by atoms with Crippen molar-refractivity contribution in [1.29, 1.82) is 0 Å². The van der Waals surface area contributed by atoms with E-state index in [4.69, 9.17) is 21.1 Å². The van der Waals surface area contributed by atoms with Crippen LogP contribution in [0.3, 0.4) is 0 Å². The zero-order chi connectivity index (χ0) is 18.4. The Bertz CT molecular complexity index is 776. The summed E-state index contributed by atoms with van der Waals surface area (Å²) >= 11 is 5.90. The summed E-state index contributed by atoms with van der Waals surface area (Å²) in [6.07, 6.45) is 0. The molecule has 0 saturated heterocycles. The van der Waals surface area contributed by atoms with Gasteiger partial charge in [0.25, 0.3) is 5.91 Å². The number of ether oxygens (including phenoxy) is 2. The third-order valence-electron chi connectivity index (χ3n) is 3.80.